The van der Waals surface area contributed by atoms with Gasteiger partial charge >= 0.3 is 0 Å². The first kappa shape index (κ1) is 113. The monoisotopic (exact) mass is 2090 g/mol. The van der Waals surface area contributed by atoms with Crippen molar-refractivity contribution in [2.75, 3.05) is 40.6 Å². The smallest absolute Gasteiger partial charge is 0.204 e. The van der Waals surface area contributed by atoms with Gasteiger partial charge in [-0.3, -0.25) is 5.26 Å². The van der Waals surface area contributed by atoms with Crippen LogP contribution < -0.4 is 47.4 Å². The van der Waals surface area contributed by atoms with Crippen molar-refractivity contribution >= 4 is 0 Å². The van der Waals surface area contributed by atoms with E-state index in [0.29, 0.717) is 140 Å². The van der Waals surface area contributed by atoms with Crippen molar-refractivity contribution in [1.29, 1.82) is 0 Å². The highest BCUT2D eigenvalue weighted by Gasteiger charge is 2.41. The van der Waals surface area contributed by atoms with E-state index in [2.05, 4.69) is 32.6 Å². The lowest BCUT2D eigenvalue weighted by atomic mass is 9.69. The molecule has 7 atom stereocenters. The van der Waals surface area contributed by atoms with Gasteiger partial charge in [-0.2, -0.15) is 43.9 Å². The summed E-state index contributed by atoms with van der Waals surface area (Å²) in [6.45, 7) is 22.2. The van der Waals surface area contributed by atoms with Crippen LogP contribution in [0, 0.1) is 153 Å². The molecular weight excluding hydrogens is 1910 g/mol. The van der Waals surface area contributed by atoms with Gasteiger partial charge in [0, 0.05) is 53.4 Å². The summed E-state index contributed by atoms with van der Waals surface area (Å²) >= 11 is 0. The molecule has 14 nitrogen and oxygen atoms in total. The minimum absolute atomic E-state index is 0. The first-order valence-electron chi connectivity index (χ1n) is 56.6. The normalized spacial score (nSPS) is 29.8. The van der Waals surface area contributed by atoms with Crippen molar-refractivity contribution in [2.24, 2.45) is 82.9 Å². The number of methoxy groups -OCH3 is 2. The zero-order chi connectivity index (χ0) is 104. The Balaban J connectivity index is 0.000000249. The number of hydrogen-bond donors (Lipinski definition) is 1. The molecule has 6 aromatic carbocycles. The third-order valence-corrected chi connectivity index (χ3v) is 35.5. The van der Waals surface area contributed by atoms with Crippen molar-refractivity contribution in [3.8, 4) is 57.5 Å². The van der Waals surface area contributed by atoms with Gasteiger partial charge in [-0.25, -0.2) is 13.7 Å². The molecule has 14 aliphatic rings. The average molecular weight is 2090 g/mol. The first-order valence-corrected chi connectivity index (χ1v) is 56.6. The summed E-state index contributed by atoms with van der Waals surface area (Å²) in [5.41, 5.74) is 4.99. The topological polar surface area (TPSA) is 140 Å². The van der Waals surface area contributed by atoms with Gasteiger partial charge in [0.1, 0.15) is 6.10 Å². The standard InChI is InChI=1S/C24H34F2O3.C24H34F2O2.C19H26F2O.2C18H24F2O3.C18H24F2O2.8H2/c1-15-3-6-19-13-21(22(25)23(26)24(19)29-15)28-14-16-4-7-17(8-5-16)18-9-11-20(27-2)12-10-18;1-15-3-8-18(9-4-15)19-11-6-17(7-12-19)14-27-21-13-20-10-5-16(2)28-24(20)23(26)22(21)25;1-12-3-6-14(7-4-12)8-10-15-11-16-9-5-13(2)22-19(16)18(21)17(15)20;1-11-3-6-13-9-15(16(19)17(20)18(13)23-11)22-10-12-4-7-14(21-2)8-5-12;1-10-3-6-12(7-4-10)17(23-21)14-9-13-8-5-11(2)22-18(13)16(20)15(14)19;1-11-3-6-13(7-4-11)10-21-15-9-14-8-5-12(2)22-18(14)17(20)16(15)19;;;;;;;;/h13,15-18,20H,3-12,14H2,1-2H3;13,15-19H,3-12,14H2,1-2H3;11-14H,3-10H2,1-2H3;9,11-12,14H,3-8,10H2,1-2H3;9-12,17,21H,3-8H2,1-2H3;9,11-13H,3-8,10H2,1-2H3;8*1H. The molecule has 0 spiro atoms. The molecule has 1 N–H and O–H groups in total. The lowest BCUT2D eigenvalue weighted by Gasteiger charge is -2.37. The Morgan fingerprint density at radius 2 is 0.497 bits per heavy atom. The van der Waals surface area contributed by atoms with Crippen LogP contribution in [0.25, 0.3) is 0 Å². The van der Waals surface area contributed by atoms with Crippen LogP contribution in [0.15, 0.2) is 36.4 Å². The van der Waals surface area contributed by atoms with Crippen molar-refractivity contribution in [3.63, 3.8) is 0 Å². The molecule has 834 valence electrons. The molecule has 8 fully saturated rings. The Labute approximate surface area is 878 Å². The molecular formula is C121H182F12O14. The third-order valence-electron chi connectivity index (χ3n) is 35.5. The summed E-state index contributed by atoms with van der Waals surface area (Å²) in [5.74, 6) is -1.24. The molecule has 6 aromatic rings. The Kier molecular flexibility index (Phi) is 41.4. The van der Waals surface area contributed by atoms with Crippen molar-refractivity contribution in [1.82, 2.24) is 0 Å². The maximum Gasteiger partial charge on any atom is 0.204 e. The van der Waals surface area contributed by atoms with E-state index in [1.807, 2.05) is 54.7 Å². The largest absolute Gasteiger partial charge is 0.490 e. The van der Waals surface area contributed by atoms with Crippen LogP contribution in [0.5, 0.6) is 57.5 Å². The number of benzene rings is 6. The van der Waals surface area contributed by atoms with Gasteiger partial charge in [0.15, 0.2) is 69.1 Å². The van der Waals surface area contributed by atoms with E-state index in [1.165, 1.54) is 116 Å². The summed E-state index contributed by atoms with van der Waals surface area (Å²) in [6, 6.07) is 9.95. The molecule has 147 heavy (non-hydrogen) atoms. The van der Waals surface area contributed by atoms with Gasteiger partial charge in [0.05, 0.1) is 75.3 Å². The molecule has 0 bridgehead atoms. The zero-order valence-electron chi connectivity index (χ0n) is 89.4. The molecule has 8 aliphatic carbocycles. The molecule has 0 amide bonds. The van der Waals surface area contributed by atoms with Crippen LogP contribution >= 0.6 is 0 Å². The van der Waals surface area contributed by atoms with E-state index in [0.717, 1.165) is 194 Å². The molecule has 20 rings (SSSR count). The van der Waals surface area contributed by atoms with Gasteiger partial charge < -0.3 is 56.8 Å². The lowest BCUT2D eigenvalue weighted by molar-refractivity contribution is -0.296. The Bertz CT molecular complexity index is 5140. The van der Waals surface area contributed by atoms with Gasteiger partial charge in [-0.05, 0) is 409 Å². The van der Waals surface area contributed by atoms with Gasteiger partial charge in [-0.15, -0.1) is 0 Å². The second-order valence-corrected chi connectivity index (χ2v) is 46.8. The Morgan fingerprint density at radius 1 is 0.265 bits per heavy atom. The highest BCUT2D eigenvalue weighted by molar-refractivity contribution is 5.49. The minimum Gasteiger partial charge on any atom is -0.490 e. The highest BCUT2D eigenvalue weighted by atomic mass is 19.2. The predicted octanol–water partition coefficient (Wildman–Crippen LogP) is 34.3. The number of rotatable bonds is 22. The summed E-state index contributed by atoms with van der Waals surface area (Å²) in [7, 11) is 3.55. The van der Waals surface area contributed by atoms with Crippen LogP contribution in [-0.4, -0.2) is 94.7 Å². The van der Waals surface area contributed by atoms with Crippen molar-refractivity contribution in [2.45, 2.75) is 420 Å². The molecule has 6 heterocycles. The fourth-order valence-corrected chi connectivity index (χ4v) is 25.4. The van der Waals surface area contributed by atoms with Gasteiger partial charge in [0.25, 0.3) is 0 Å². The SMILES string of the molecule is CC1CCC(C(OO)c2cc3c(c(F)c2F)OC(C)CC3)CC1.CC1CCC(C2CCC(COc3cc4c(c(F)c3F)OC(C)CC4)CC2)CC1.CC1CCC(CCc2cc3c(c(F)c2F)OC(C)CC3)CC1.CC1CCC(COc2cc3c(c(F)c2F)OC(C)CC3)CC1.COC1CCC(C2CCC(COc3cc4c(c(F)c3F)OC(C)CC4)CC2)CC1.COC1CCC(COc2cc3c(c(F)c2F)OC(C)CC3)CC1.[HH].[HH].[HH].[HH].[HH].[HH].[HH].[HH]. The van der Waals surface area contributed by atoms with Crippen LogP contribution in [0.3, 0.4) is 0 Å². The van der Waals surface area contributed by atoms with Crippen LogP contribution in [-0.2, 0) is 59.3 Å². The summed E-state index contributed by atoms with van der Waals surface area (Å²) < 4.78 is 238. The molecule has 7 unspecified atom stereocenters. The second-order valence-electron chi connectivity index (χ2n) is 46.8. The molecule has 0 saturated heterocycles. The van der Waals surface area contributed by atoms with Gasteiger partial charge in [0.2, 0.25) is 58.2 Å². The van der Waals surface area contributed by atoms with E-state index in [9.17, 15) is 57.9 Å². The summed E-state index contributed by atoms with van der Waals surface area (Å²) in [4.78, 5) is 4.61. The van der Waals surface area contributed by atoms with E-state index < -0.39 is 75.9 Å². The van der Waals surface area contributed by atoms with E-state index in [4.69, 9.17) is 56.8 Å². The van der Waals surface area contributed by atoms with Crippen molar-refractivity contribution in [3.05, 3.63) is 151 Å². The maximum absolute atomic E-state index is 14.5. The zero-order valence-corrected chi connectivity index (χ0v) is 89.4. The highest BCUT2D eigenvalue weighted by Crippen LogP contribution is 2.50. The Morgan fingerprint density at radius 3 is 0.796 bits per heavy atom. The predicted molar refractivity (Wildman–Crippen MR) is 563 cm³/mol. The molecule has 26 heteroatoms. The first-order chi connectivity index (χ1) is 70.7. The number of halogens is 12. The van der Waals surface area contributed by atoms with Crippen LogP contribution in [0.4, 0.5) is 52.7 Å². The number of fused-ring (bicyclic) bond motifs is 6. The van der Waals surface area contributed by atoms with Gasteiger partial charge in [-0.1, -0.05) is 91.9 Å². The second kappa shape index (κ2) is 53.7. The quantitative estimate of drug-likeness (QED) is 0.0392. The van der Waals surface area contributed by atoms with E-state index >= 15 is 0 Å². The third kappa shape index (κ3) is 29.9. The van der Waals surface area contributed by atoms with E-state index in [-0.39, 0.29) is 117 Å². The fourth-order valence-electron chi connectivity index (χ4n) is 25.4. The maximum atomic E-state index is 14.5. The minimum atomic E-state index is -0.963. The average Bonchev–Trinajstić information content (AvgIpc) is 0.732. The number of aryl methyl sites for hydroxylation is 7. The lowest BCUT2D eigenvalue weighted by Crippen LogP contribution is -2.29. The number of hydrogen-bond acceptors (Lipinski definition) is 14. The van der Waals surface area contributed by atoms with Crippen LogP contribution in [0.2, 0.25) is 0 Å². The Hall–Kier alpha value is -7.68. The molecule has 0 radical (unpaired) electrons. The van der Waals surface area contributed by atoms with E-state index in [1.54, 1.807) is 37.4 Å². The fraction of sp³-hybridized carbons (Fsp3) is 0.702. The van der Waals surface area contributed by atoms with Crippen molar-refractivity contribution < 1.29 is 131 Å². The van der Waals surface area contributed by atoms with Crippen LogP contribution in [0.1, 0.15) is 382 Å². The summed E-state index contributed by atoms with van der Waals surface area (Å²) in [5, 5.41) is 9.34. The summed E-state index contributed by atoms with van der Waals surface area (Å²) in [6.07, 6.45) is 47.5. The molecule has 8 saturated carbocycles. The molecule has 0 aromatic heterocycles. The molecule has 6 aliphatic heterocycles. The number of ether oxygens (including phenoxy) is 12.